The van der Waals surface area contributed by atoms with E-state index in [4.69, 9.17) is 0 Å². The van der Waals surface area contributed by atoms with Crippen molar-refractivity contribution >= 4 is 53.3 Å². The molecule has 1 aromatic carbocycles. The van der Waals surface area contributed by atoms with Crippen LogP contribution in [0.1, 0.15) is 50.5 Å². The van der Waals surface area contributed by atoms with E-state index in [9.17, 15) is 4.79 Å². The van der Waals surface area contributed by atoms with E-state index < -0.39 is 0 Å². The van der Waals surface area contributed by atoms with Crippen LogP contribution in [0, 0.1) is 5.92 Å². The van der Waals surface area contributed by atoms with Gasteiger partial charge in [0.25, 0.3) is 0 Å². The van der Waals surface area contributed by atoms with Crippen molar-refractivity contribution in [2.45, 2.75) is 51.5 Å². The van der Waals surface area contributed by atoms with Gasteiger partial charge in [-0.05, 0) is 55.4 Å². The van der Waals surface area contributed by atoms with Gasteiger partial charge in [0.15, 0.2) is 5.96 Å². The van der Waals surface area contributed by atoms with Crippen LogP contribution in [-0.2, 0) is 11.3 Å². The van der Waals surface area contributed by atoms with E-state index in [0.29, 0.717) is 6.54 Å². The molecular formula is C21H35IN4OS. The van der Waals surface area contributed by atoms with Crippen molar-refractivity contribution in [1.82, 2.24) is 10.6 Å². The van der Waals surface area contributed by atoms with Crippen molar-refractivity contribution in [3.63, 3.8) is 0 Å². The smallest absolute Gasteiger partial charge is 0.227 e. The Bertz CT molecular complexity index is 606. The number of rotatable bonds is 9. The van der Waals surface area contributed by atoms with E-state index in [1.807, 2.05) is 30.0 Å². The molecule has 0 atom stereocenters. The lowest BCUT2D eigenvalue weighted by atomic mass is 9.88. The summed E-state index contributed by atoms with van der Waals surface area (Å²) in [5.41, 5.74) is 2.01. The minimum absolute atomic E-state index is 0. The van der Waals surface area contributed by atoms with Crippen LogP contribution in [0.5, 0.6) is 0 Å². The summed E-state index contributed by atoms with van der Waals surface area (Å²) in [5.74, 6) is 2.36. The quantitative estimate of drug-likeness (QED) is 0.193. The first-order valence-electron chi connectivity index (χ1n) is 10.1. The average Bonchev–Trinajstić information content (AvgIpc) is 2.71. The van der Waals surface area contributed by atoms with Crippen LogP contribution < -0.4 is 16.0 Å². The van der Waals surface area contributed by atoms with Gasteiger partial charge in [0.05, 0.1) is 0 Å². The number of benzene rings is 1. The molecule has 1 fully saturated rings. The zero-order valence-electron chi connectivity index (χ0n) is 17.1. The van der Waals surface area contributed by atoms with Crippen molar-refractivity contribution in [2.75, 3.05) is 30.9 Å². The third kappa shape index (κ3) is 9.49. The Morgan fingerprint density at radius 1 is 1.18 bits per heavy atom. The molecule has 0 heterocycles. The van der Waals surface area contributed by atoms with Crippen LogP contribution in [0.25, 0.3) is 0 Å². The van der Waals surface area contributed by atoms with E-state index in [0.717, 1.165) is 43.0 Å². The first-order valence-corrected chi connectivity index (χ1v) is 11.5. The third-order valence-electron chi connectivity index (χ3n) is 4.92. The average molecular weight is 519 g/mol. The number of nitrogens with one attached hydrogen (secondary N) is 3. The van der Waals surface area contributed by atoms with Crippen LogP contribution in [-0.4, -0.2) is 37.5 Å². The topological polar surface area (TPSA) is 65.5 Å². The lowest BCUT2D eigenvalue weighted by Gasteiger charge is -2.21. The number of halogens is 1. The zero-order valence-corrected chi connectivity index (χ0v) is 20.3. The minimum Gasteiger partial charge on any atom is -0.356 e. The van der Waals surface area contributed by atoms with Crippen molar-refractivity contribution < 1.29 is 4.79 Å². The molecule has 5 nitrogen and oxygen atoms in total. The number of hydrogen-bond acceptors (Lipinski definition) is 3. The SMILES string of the molecule is CN=C(NCCCCSC)NCc1cccc(NC(=O)C2CCCCC2)c1.I. The molecule has 2 rings (SSSR count). The summed E-state index contributed by atoms with van der Waals surface area (Å²) in [6.45, 7) is 1.61. The molecule has 3 N–H and O–H groups in total. The van der Waals surface area contributed by atoms with Crippen LogP contribution in [0.15, 0.2) is 29.3 Å². The van der Waals surface area contributed by atoms with Gasteiger partial charge in [-0.3, -0.25) is 9.79 Å². The Balaban J connectivity index is 0.00000392. The number of thioether (sulfide) groups is 1. The van der Waals surface area contributed by atoms with Crippen molar-refractivity contribution in [2.24, 2.45) is 10.9 Å². The molecule has 0 radical (unpaired) electrons. The highest BCUT2D eigenvalue weighted by Crippen LogP contribution is 2.25. The van der Waals surface area contributed by atoms with Gasteiger partial charge in [0.1, 0.15) is 0 Å². The van der Waals surface area contributed by atoms with E-state index in [-0.39, 0.29) is 35.8 Å². The molecule has 0 spiro atoms. The Labute approximate surface area is 191 Å². The van der Waals surface area contributed by atoms with Crippen LogP contribution >= 0.6 is 35.7 Å². The first kappa shape index (κ1) is 25.1. The molecule has 1 aliphatic carbocycles. The maximum atomic E-state index is 12.4. The summed E-state index contributed by atoms with van der Waals surface area (Å²) < 4.78 is 0. The van der Waals surface area contributed by atoms with Crippen LogP contribution in [0.3, 0.4) is 0 Å². The number of carbonyl (C=O) groups excluding carboxylic acids is 1. The summed E-state index contributed by atoms with van der Waals surface area (Å²) in [5, 5.41) is 9.78. The minimum atomic E-state index is 0. The fourth-order valence-corrected chi connectivity index (χ4v) is 3.85. The lowest BCUT2D eigenvalue weighted by Crippen LogP contribution is -2.37. The Kier molecular flexibility index (Phi) is 13.4. The highest BCUT2D eigenvalue weighted by molar-refractivity contribution is 14.0. The van der Waals surface area contributed by atoms with Crippen LogP contribution in [0.4, 0.5) is 5.69 Å². The molecule has 28 heavy (non-hydrogen) atoms. The summed E-state index contributed by atoms with van der Waals surface area (Å²) in [6.07, 6.45) is 10.1. The molecule has 158 valence electrons. The van der Waals surface area contributed by atoms with Gasteiger partial charge < -0.3 is 16.0 Å². The van der Waals surface area contributed by atoms with Gasteiger partial charge in [-0.1, -0.05) is 31.4 Å². The summed E-state index contributed by atoms with van der Waals surface area (Å²) >= 11 is 1.88. The van der Waals surface area contributed by atoms with E-state index in [1.165, 1.54) is 31.4 Å². The van der Waals surface area contributed by atoms with Crippen molar-refractivity contribution in [3.8, 4) is 0 Å². The molecule has 0 aliphatic heterocycles. The van der Waals surface area contributed by atoms with Gasteiger partial charge in [0.2, 0.25) is 5.91 Å². The molecule has 1 aliphatic rings. The molecular weight excluding hydrogens is 483 g/mol. The standard InChI is InChI=1S/C21H34N4OS.HI/c1-22-21(23-13-6-7-14-27-2)24-16-17-9-8-12-19(15-17)25-20(26)18-10-4-3-5-11-18;/h8-9,12,15,18H,3-7,10-11,13-14,16H2,1-2H3,(H,25,26)(H2,22,23,24);1H. The number of amides is 1. The second-order valence-electron chi connectivity index (χ2n) is 7.08. The first-order chi connectivity index (χ1) is 13.2. The highest BCUT2D eigenvalue weighted by Gasteiger charge is 2.20. The van der Waals surface area contributed by atoms with Crippen LogP contribution in [0.2, 0.25) is 0 Å². The predicted molar refractivity (Wildman–Crippen MR) is 133 cm³/mol. The number of nitrogens with zero attached hydrogens (tertiary/aromatic N) is 1. The van der Waals surface area contributed by atoms with Crippen molar-refractivity contribution in [1.29, 1.82) is 0 Å². The molecule has 0 unspecified atom stereocenters. The second kappa shape index (κ2) is 15.0. The van der Waals surface area contributed by atoms with E-state index in [1.54, 1.807) is 7.05 Å². The molecule has 0 bridgehead atoms. The Morgan fingerprint density at radius 2 is 1.96 bits per heavy atom. The largest absolute Gasteiger partial charge is 0.356 e. The fraction of sp³-hybridized carbons (Fsp3) is 0.619. The Hall–Kier alpha value is -0.960. The van der Waals surface area contributed by atoms with Gasteiger partial charge in [0, 0.05) is 31.7 Å². The monoisotopic (exact) mass is 518 g/mol. The maximum Gasteiger partial charge on any atom is 0.227 e. The van der Waals surface area contributed by atoms with E-state index in [2.05, 4.69) is 33.3 Å². The number of unbranched alkanes of at least 4 members (excludes halogenated alkanes) is 1. The van der Waals surface area contributed by atoms with Gasteiger partial charge in [-0.25, -0.2) is 0 Å². The third-order valence-corrected chi connectivity index (χ3v) is 5.62. The molecule has 1 amide bonds. The van der Waals surface area contributed by atoms with Gasteiger partial charge in [-0.2, -0.15) is 11.8 Å². The Morgan fingerprint density at radius 3 is 2.68 bits per heavy atom. The van der Waals surface area contributed by atoms with E-state index >= 15 is 0 Å². The lowest BCUT2D eigenvalue weighted by molar-refractivity contribution is -0.120. The number of aliphatic imine (C=N–C) groups is 1. The molecule has 0 aromatic heterocycles. The maximum absolute atomic E-state index is 12.4. The van der Waals surface area contributed by atoms with Gasteiger partial charge in [-0.15, -0.1) is 24.0 Å². The highest BCUT2D eigenvalue weighted by atomic mass is 127. The number of anilines is 1. The molecule has 7 heteroatoms. The fourth-order valence-electron chi connectivity index (χ4n) is 3.35. The second-order valence-corrected chi connectivity index (χ2v) is 8.06. The summed E-state index contributed by atoms with van der Waals surface area (Å²) in [7, 11) is 1.79. The summed E-state index contributed by atoms with van der Waals surface area (Å²) in [6, 6.07) is 8.06. The van der Waals surface area contributed by atoms with Gasteiger partial charge >= 0.3 is 0 Å². The summed E-state index contributed by atoms with van der Waals surface area (Å²) in [4.78, 5) is 16.7. The number of carbonyl (C=O) groups is 1. The molecule has 1 saturated carbocycles. The number of guanidine groups is 1. The predicted octanol–water partition coefficient (Wildman–Crippen LogP) is 4.63. The normalized spacial score (nSPS) is 14.9. The zero-order chi connectivity index (χ0) is 19.3. The number of hydrogen-bond donors (Lipinski definition) is 3. The molecule has 1 aromatic rings. The van der Waals surface area contributed by atoms with Crippen molar-refractivity contribution in [3.05, 3.63) is 29.8 Å². The molecule has 0 saturated heterocycles.